The van der Waals surface area contributed by atoms with Gasteiger partial charge in [0.1, 0.15) is 5.69 Å². The van der Waals surface area contributed by atoms with Crippen LogP contribution in [0.4, 0.5) is 11.4 Å². The largest absolute Gasteiger partial charge is 0.320 e. The van der Waals surface area contributed by atoms with Gasteiger partial charge in [0.25, 0.3) is 5.69 Å². The molecule has 0 spiro atoms. The van der Waals surface area contributed by atoms with Gasteiger partial charge in [-0.2, -0.15) is 0 Å². The maximum Gasteiger partial charge on any atom is 0.293 e. The van der Waals surface area contributed by atoms with Crippen molar-refractivity contribution in [1.29, 1.82) is 0 Å². The van der Waals surface area contributed by atoms with E-state index in [0.717, 1.165) is 5.56 Å². The van der Waals surface area contributed by atoms with Crippen LogP contribution in [0.1, 0.15) is 33.3 Å². The van der Waals surface area contributed by atoms with Gasteiger partial charge in [0.15, 0.2) is 0 Å². The predicted octanol–water partition coefficient (Wildman–Crippen LogP) is 2.85. The number of nitrogens with zero attached hydrogens (tertiary/aromatic N) is 1. The molecule has 5 heteroatoms. The molecule has 1 amide bonds. The Balaban J connectivity index is 3.45. The minimum absolute atomic E-state index is 0.0763. The lowest BCUT2D eigenvalue weighted by Gasteiger charge is -2.22. The highest BCUT2D eigenvalue weighted by atomic mass is 16.6. The number of hydrogen-bond acceptors (Lipinski definition) is 3. The molecule has 0 saturated carbocycles. The van der Waals surface area contributed by atoms with Crippen molar-refractivity contribution in [2.45, 2.75) is 33.1 Å². The van der Waals surface area contributed by atoms with Crippen molar-refractivity contribution in [2.24, 2.45) is 0 Å². The molecule has 92 valence electrons. The third-order valence-corrected chi connectivity index (χ3v) is 2.35. The number of benzene rings is 1. The molecule has 0 aliphatic rings. The lowest BCUT2D eigenvalue weighted by molar-refractivity contribution is -0.384. The zero-order chi connectivity index (χ0) is 13.2. The van der Waals surface area contributed by atoms with Gasteiger partial charge in [-0.3, -0.25) is 14.9 Å². The Morgan fingerprint density at radius 3 is 2.35 bits per heavy atom. The maximum atomic E-state index is 11.1. The van der Waals surface area contributed by atoms with E-state index in [1.807, 2.05) is 20.8 Å². The van der Waals surface area contributed by atoms with E-state index in [-0.39, 0.29) is 22.7 Å². The fraction of sp³-hybridized carbons (Fsp3) is 0.417. The number of anilines is 1. The summed E-state index contributed by atoms with van der Waals surface area (Å²) in [7, 11) is 0. The van der Waals surface area contributed by atoms with Crippen LogP contribution in [0.2, 0.25) is 0 Å². The first-order valence-corrected chi connectivity index (χ1v) is 5.29. The summed E-state index contributed by atoms with van der Waals surface area (Å²) in [6.45, 7) is 7.16. The molecule has 0 aromatic heterocycles. The van der Waals surface area contributed by atoms with Crippen molar-refractivity contribution in [3.8, 4) is 0 Å². The van der Waals surface area contributed by atoms with Gasteiger partial charge in [0.05, 0.1) is 4.92 Å². The van der Waals surface area contributed by atoms with E-state index in [0.29, 0.717) is 0 Å². The minimum atomic E-state index is -0.486. The summed E-state index contributed by atoms with van der Waals surface area (Å²) in [5.41, 5.74) is 0.691. The average Bonchev–Trinajstić information content (AvgIpc) is 2.14. The molecule has 0 fully saturated rings. The highest BCUT2D eigenvalue weighted by Crippen LogP contribution is 2.35. The molecule has 0 unspecified atom stereocenters. The Labute approximate surface area is 100.0 Å². The topological polar surface area (TPSA) is 72.2 Å². The van der Waals surface area contributed by atoms with Crippen LogP contribution < -0.4 is 5.32 Å². The van der Waals surface area contributed by atoms with Gasteiger partial charge in [-0.25, -0.2) is 0 Å². The molecule has 0 aliphatic heterocycles. The fourth-order valence-corrected chi connectivity index (χ4v) is 1.62. The third-order valence-electron chi connectivity index (χ3n) is 2.35. The first-order valence-electron chi connectivity index (χ1n) is 5.29. The van der Waals surface area contributed by atoms with Crippen molar-refractivity contribution in [1.82, 2.24) is 0 Å². The highest BCUT2D eigenvalue weighted by Gasteiger charge is 2.25. The molecule has 5 nitrogen and oxygen atoms in total. The quantitative estimate of drug-likeness (QED) is 0.633. The second kappa shape index (κ2) is 4.53. The van der Waals surface area contributed by atoms with E-state index in [1.54, 1.807) is 12.1 Å². The van der Waals surface area contributed by atoms with Gasteiger partial charge in [-0.1, -0.05) is 32.9 Å². The first-order chi connectivity index (χ1) is 7.73. The van der Waals surface area contributed by atoms with Crippen LogP contribution in [0.25, 0.3) is 0 Å². The van der Waals surface area contributed by atoms with Gasteiger partial charge in [0, 0.05) is 13.0 Å². The summed E-state index contributed by atoms with van der Waals surface area (Å²) >= 11 is 0. The van der Waals surface area contributed by atoms with E-state index >= 15 is 0 Å². The lowest BCUT2D eigenvalue weighted by atomic mass is 9.85. The van der Waals surface area contributed by atoms with Gasteiger partial charge < -0.3 is 5.32 Å². The van der Waals surface area contributed by atoms with E-state index in [2.05, 4.69) is 5.32 Å². The number of para-hydroxylation sites is 1. The van der Waals surface area contributed by atoms with E-state index < -0.39 is 4.92 Å². The summed E-state index contributed by atoms with van der Waals surface area (Å²) in [6, 6.07) is 4.81. The molecular formula is C12H16N2O3. The minimum Gasteiger partial charge on any atom is -0.320 e. The Bertz CT molecular complexity index is 461. The summed E-state index contributed by atoms with van der Waals surface area (Å²) in [5, 5.41) is 13.5. The number of hydrogen-bond donors (Lipinski definition) is 1. The summed E-state index contributed by atoms with van der Waals surface area (Å²) < 4.78 is 0. The molecule has 1 aromatic rings. The van der Waals surface area contributed by atoms with Crippen LogP contribution >= 0.6 is 0 Å². The van der Waals surface area contributed by atoms with Gasteiger partial charge in [-0.05, 0) is 11.0 Å². The van der Waals surface area contributed by atoms with Crippen LogP contribution in [0.3, 0.4) is 0 Å². The number of rotatable bonds is 2. The standard InChI is InChI=1S/C12H16N2O3/c1-8(15)13-11-9(12(2,3)4)6-5-7-10(11)14(16)17/h5-7H,1-4H3,(H,13,15). The second-order valence-electron chi connectivity index (χ2n) is 4.89. The molecule has 0 radical (unpaired) electrons. The number of amides is 1. The van der Waals surface area contributed by atoms with Gasteiger partial charge >= 0.3 is 0 Å². The Morgan fingerprint density at radius 1 is 1.35 bits per heavy atom. The maximum absolute atomic E-state index is 11.1. The monoisotopic (exact) mass is 236 g/mol. The average molecular weight is 236 g/mol. The van der Waals surface area contributed by atoms with Crippen LogP contribution in [0.15, 0.2) is 18.2 Å². The normalized spacial score (nSPS) is 11.1. The summed E-state index contributed by atoms with van der Waals surface area (Å²) in [4.78, 5) is 21.6. The zero-order valence-electron chi connectivity index (χ0n) is 10.4. The van der Waals surface area contributed by atoms with Crippen molar-refractivity contribution in [2.75, 3.05) is 5.32 Å². The first kappa shape index (κ1) is 13.2. The van der Waals surface area contributed by atoms with Crippen molar-refractivity contribution >= 4 is 17.3 Å². The Hall–Kier alpha value is -1.91. The van der Waals surface area contributed by atoms with Crippen LogP contribution in [0.5, 0.6) is 0 Å². The van der Waals surface area contributed by atoms with Crippen LogP contribution in [-0.4, -0.2) is 10.8 Å². The molecule has 17 heavy (non-hydrogen) atoms. The molecular weight excluding hydrogens is 220 g/mol. The second-order valence-corrected chi connectivity index (χ2v) is 4.89. The van der Waals surface area contributed by atoms with E-state index in [1.165, 1.54) is 13.0 Å². The van der Waals surface area contributed by atoms with Crippen molar-refractivity contribution < 1.29 is 9.72 Å². The number of carbonyl (C=O) groups excluding carboxylic acids is 1. The Kier molecular flexibility index (Phi) is 3.50. The zero-order valence-corrected chi connectivity index (χ0v) is 10.4. The van der Waals surface area contributed by atoms with E-state index in [4.69, 9.17) is 0 Å². The predicted molar refractivity (Wildman–Crippen MR) is 66.1 cm³/mol. The highest BCUT2D eigenvalue weighted by molar-refractivity contribution is 5.92. The number of nitrogens with one attached hydrogen (secondary N) is 1. The van der Waals surface area contributed by atoms with Crippen LogP contribution in [-0.2, 0) is 10.2 Å². The smallest absolute Gasteiger partial charge is 0.293 e. The lowest BCUT2D eigenvalue weighted by Crippen LogP contribution is -2.18. The molecule has 1 aromatic carbocycles. The molecule has 0 heterocycles. The van der Waals surface area contributed by atoms with E-state index in [9.17, 15) is 14.9 Å². The third kappa shape index (κ3) is 3.03. The SMILES string of the molecule is CC(=O)Nc1c([N+](=O)[O-])cccc1C(C)(C)C. The molecule has 0 aliphatic carbocycles. The van der Waals surface area contributed by atoms with Crippen molar-refractivity contribution in [3.05, 3.63) is 33.9 Å². The molecule has 0 bridgehead atoms. The molecule has 0 saturated heterocycles. The number of nitro groups is 1. The fourth-order valence-electron chi connectivity index (χ4n) is 1.62. The van der Waals surface area contributed by atoms with Gasteiger partial charge in [0.2, 0.25) is 5.91 Å². The number of carbonyl (C=O) groups is 1. The van der Waals surface area contributed by atoms with Crippen LogP contribution in [0, 0.1) is 10.1 Å². The van der Waals surface area contributed by atoms with Gasteiger partial charge in [-0.15, -0.1) is 0 Å². The van der Waals surface area contributed by atoms with Crippen molar-refractivity contribution in [3.63, 3.8) is 0 Å². The molecule has 1 N–H and O–H groups in total. The summed E-state index contributed by atoms with van der Waals surface area (Å²) in [5.74, 6) is -0.315. The summed E-state index contributed by atoms with van der Waals surface area (Å²) in [6.07, 6.45) is 0. The number of nitro benzene ring substituents is 1. The Morgan fingerprint density at radius 2 is 1.94 bits per heavy atom. The molecule has 0 atom stereocenters. The molecule has 1 rings (SSSR count).